The summed E-state index contributed by atoms with van der Waals surface area (Å²) in [6.45, 7) is 0.879. The molecule has 0 saturated heterocycles. The van der Waals surface area contributed by atoms with Crippen molar-refractivity contribution in [2.24, 2.45) is 0 Å². The lowest BCUT2D eigenvalue weighted by Crippen LogP contribution is -2.36. The molecule has 4 aromatic rings. The Bertz CT molecular complexity index is 1670. The van der Waals surface area contributed by atoms with E-state index in [0.717, 1.165) is 41.6 Å². The fraction of sp³-hybridized carbons (Fsp3) is 0.269. The SMILES string of the molecule is COc1ccc2c(c1)N(CCCS(=O)(=O)[O-])C(=Cc1sc3ccc4ccccc4c3[n+]1CCCS(=O)[O-])S2. The Labute approximate surface area is 232 Å². The molecule has 0 saturated carbocycles. The van der Waals surface area contributed by atoms with Gasteiger partial charge in [-0.1, -0.05) is 58.4 Å². The second-order valence-electron chi connectivity index (χ2n) is 8.77. The average molecular weight is 590 g/mol. The van der Waals surface area contributed by atoms with Crippen LogP contribution in [-0.4, -0.2) is 46.9 Å². The predicted octanol–water partition coefficient (Wildman–Crippen LogP) is 4.47. The van der Waals surface area contributed by atoms with Crippen LogP contribution in [0.4, 0.5) is 5.69 Å². The summed E-state index contributed by atoms with van der Waals surface area (Å²) in [6, 6.07) is 18.1. The first-order chi connectivity index (χ1) is 18.2. The maximum absolute atomic E-state index is 11.3. The molecule has 12 heteroatoms. The van der Waals surface area contributed by atoms with Crippen LogP contribution in [0.2, 0.25) is 0 Å². The van der Waals surface area contributed by atoms with Crippen molar-refractivity contribution in [3.05, 3.63) is 64.6 Å². The van der Waals surface area contributed by atoms with Crippen molar-refractivity contribution < 1.29 is 31.0 Å². The molecule has 200 valence electrons. The van der Waals surface area contributed by atoms with Gasteiger partial charge in [-0.2, -0.15) is 4.57 Å². The van der Waals surface area contributed by atoms with Crippen molar-refractivity contribution in [2.75, 3.05) is 30.1 Å². The summed E-state index contributed by atoms with van der Waals surface area (Å²) < 4.78 is 65.0. The molecule has 8 nitrogen and oxygen atoms in total. The zero-order chi connectivity index (χ0) is 26.9. The maximum Gasteiger partial charge on any atom is 0.265 e. The first-order valence-corrected chi connectivity index (χ1v) is 16.4. The second-order valence-corrected chi connectivity index (χ2v) is 13.4. The fourth-order valence-electron chi connectivity index (χ4n) is 4.59. The molecule has 0 bridgehead atoms. The van der Waals surface area contributed by atoms with E-state index in [-0.39, 0.29) is 12.2 Å². The van der Waals surface area contributed by atoms with Crippen LogP contribution in [0.25, 0.3) is 27.1 Å². The number of anilines is 1. The topological polar surface area (TPSA) is 114 Å². The molecule has 0 N–H and O–H groups in total. The Morgan fingerprint density at radius 2 is 1.95 bits per heavy atom. The largest absolute Gasteiger partial charge is 0.772 e. The fourth-order valence-corrected chi connectivity index (χ4v) is 7.76. The predicted molar refractivity (Wildman–Crippen MR) is 151 cm³/mol. The van der Waals surface area contributed by atoms with Crippen LogP contribution in [0.3, 0.4) is 0 Å². The Morgan fingerprint density at radius 1 is 1.13 bits per heavy atom. The lowest BCUT2D eigenvalue weighted by molar-refractivity contribution is -0.667. The summed E-state index contributed by atoms with van der Waals surface area (Å²) in [5, 5.41) is 4.05. The van der Waals surface area contributed by atoms with Crippen LogP contribution in [0, 0.1) is 0 Å². The molecule has 1 aliphatic rings. The minimum atomic E-state index is -4.32. The van der Waals surface area contributed by atoms with Gasteiger partial charge in [0.05, 0.1) is 39.4 Å². The Balaban J connectivity index is 1.60. The summed E-state index contributed by atoms with van der Waals surface area (Å²) in [5.74, 6) is 0.309. The number of fused-ring (bicyclic) bond motifs is 4. The third kappa shape index (κ3) is 5.90. The molecule has 3 aromatic carbocycles. The number of aromatic nitrogens is 1. The zero-order valence-electron chi connectivity index (χ0n) is 20.5. The number of benzene rings is 3. The van der Waals surface area contributed by atoms with Gasteiger partial charge in [-0.3, -0.25) is 4.21 Å². The number of ether oxygens (including phenoxy) is 1. The van der Waals surface area contributed by atoms with E-state index in [1.54, 1.807) is 30.2 Å². The molecular weight excluding hydrogens is 565 g/mol. The normalized spacial score (nSPS) is 15.4. The summed E-state index contributed by atoms with van der Waals surface area (Å²) in [6.07, 6.45) is 2.73. The van der Waals surface area contributed by atoms with E-state index in [4.69, 9.17) is 4.74 Å². The van der Waals surface area contributed by atoms with Crippen LogP contribution in [0.5, 0.6) is 5.75 Å². The van der Waals surface area contributed by atoms with Gasteiger partial charge in [0.15, 0.2) is 6.54 Å². The van der Waals surface area contributed by atoms with Gasteiger partial charge < -0.3 is 18.7 Å². The molecule has 0 radical (unpaired) electrons. The molecule has 1 atom stereocenters. The number of aryl methyl sites for hydroxylation is 1. The minimum Gasteiger partial charge on any atom is -0.772 e. The van der Waals surface area contributed by atoms with Crippen molar-refractivity contribution in [2.45, 2.75) is 24.3 Å². The van der Waals surface area contributed by atoms with Crippen molar-refractivity contribution in [1.82, 2.24) is 0 Å². The monoisotopic (exact) mass is 589 g/mol. The lowest BCUT2D eigenvalue weighted by Gasteiger charge is -2.21. The van der Waals surface area contributed by atoms with Gasteiger partial charge in [0.25, 0.3) is 5.01 Å². The van der Waals surface area contributed by atoms with Gasteiger partial charge in [-0.25, -0.2) is 8.42 Å². The van der Waals surface area contributed by atoms with E-state index in [9.17, 15) is 21.7 Å². The van der Waals surface area contributed by atoms with Crippen LogP contribution in [-0.2, 0) is 27.7 Å². The molecule has 2 heterocycles. The first-order valence-electron chi connectivity index (χ1n) is 11.9. The Hall–Kier alpha value is -2.48. The molecule has 1 unspecified atom stereocenters. The standard InChI is InChI=1S/C26H26N2O6S4/c1-34-19-9-11-22-21(16-19)27(13-5-15-38(31,32)33)24(35-22)17-25-28(12-4-14-37(29)30)26-20-7-3-2-6-18(20)8-10-23(26)36-25/h2-3,6-11,16-17H,4-5,12-15H2,1H3,(H-,29,30,31,32,33)/p-1. The van der Waals surface area contributed by atoms with Gasteiger partial charge in [0, 0.05) is 35.4 Å². The number of hydrogen-bond donors (Lipinski definition) is 0. The van der Waals surface area contributed by atoms with Gasteiger partial charge in [-0.15, -0.1) is 0 Å². The third-order valence-electron chi connectivity index (χ3n) is 6.27. The molecular formula is C26H25N2O6S4-. The molecule has 1 aromatic heterocycles. The van der Waals surface area contributed by atoms with Crippen molar-refractivity contribution >= 4 is 77.0 Å². The van der Waals surface area contributed by atoms with Crippen LogP contribution >= 0.6 is 23.1 Å². The van der Waals surface area contributed by atoms with Gasteiger partial charge in [0.1, 0.15) is 10.4 Å². The van der Waals surface area contributed by atoms with Crippen molar-refractivity contribution in [1.29, 1.82) is 0 Å². The van der Waals surface area contributed by atoms with E-state index in [1.807, 2.05) is 35.2 Å². The summed E-state index contributed by atoms with van der Waals surface area (Å²) in [7, 11) is -2.73. The van der Waals surface area contributed by atoms with E-state index < -0.39 is 27.0 Å². The highest BCUT2D eigenvalue weighted by Crippen LogP contribution is 2.48. The molecule has 0 aliphatic carbocycles. The number of methoxy groups -OCH3 is 1. The number of thiazole rings is 1. The van der Waals surface area contributed by atoms with Crippen LogP contribution < -0.4 is 14.2 Å². The van der Waals surface area contributed by atoms with Crippen molar-refractivity contribution in [3.8, 4) is 5.75 Å². The van der Waals surface area contributed by atoms with Gasteiger partial charge in [-0.05, 0) is 36.1 Å². The molecule has 38 heavy (non-hydrogen) atoms. The van der Waals surface area contributed by atoms with E-state index in [1.165, 1.54) is 0 Å². The number of nitrogens with zero attached hydrogens (tertiary/aromatic N) is 2. The molecule has 5 rings (SSSR count). The summed E-state index contributed by atoms with van der Waals surface area (Å²) in [5.41, 5.74) is 1.95. The van der Waals surface area contributed by atoms with E-state index >= 15 is 0 Å². The summed E-state index contributed by atoms with van der Waals surface area (Å²) in [4.78, 5) is 3.02. The Morgan fingerprint density at radius 3 is 2.71 bits per heavy atom. The molecule has 1 aliphatic heterocycles. The number of thioether (sulfide) groups is 1. The molecule has 0 spiro atoms. The number of rotatable bonds is 10. The quantitative estimate of drug-likeness (QED) is 0.151. The Kier molecular flexibility index (Phi) is 8.08. The minimum absolute atomic E-state index is 0.0703. The van der Waals surface area contributed by atoms with Crippen LogP contribution in [0.1, 0.15) is 17.8 Å². The second kappa shape index (κ2) is 11.3. The maximum atomic E-state index is 11.3. The summed E-state index contributed by atoms with van der Waals surface area (Å²) >= 11 is 1.07. The third-order valence-corrected chi connectivity index (χ3v) is 9.89. The highest BCUT2D eigenvalue weighted by atomic mass is 32.2. The van der Waals surface area contributed by atoms with Crippen molar-refractivity contribution in [3.63, 3.8) is 0 Å². The van der Waals surface area contributed by atoms with Gasteiger partial charge >= 0.3 is 0 Å². The number of hydrogen-bond acceptors (Lipinski definition) is 9. The first kappa shape index (κ1) is 27.1. The zero-order valence-corrected chi connectivity index (χ0v) is 23.8. The van der Waals surface area contributed by atoms with E-state index in [0.29, 0.717) is 25.3 Å². The van der Waals surface area contributed by atoms with E-state index in [2.05, 4.69) is 34.9 Å². The highest BCUT2D eigenvalue weighted by Gasteiger charge is 2.29. The smallest absolute Gasteiger partial charge is 0.265 e. The average Bonchev–Trinajstić information content (AvgIpc) is 3.40. The highest BCUT2D eigenvalue weighted by molar-refractivity contribution is 8.03. The molecule has 0 fully saturated rings. The van der Waals surface area contributed by atoms with Gasteiger partial charge in [0.2, 0.25) is 5.52 Å². The van der Waals surface area contributed by atoms with Crippen LogP contribution in [0.15, 0.2) is 64.5 Å². The lowest BCUT2D eigenvalue weighted by atomic mass is 10.1. The molecule has 0 amide bonds.